The number of aromatic nitrogens is 2. The second-order valence-electron chi connectivity index (χ2n) is 11.0. The van der Waals surface area contributed by atoms with Gasteiger partial charge in [-0.05, 0) is 51.2 Å². The van der Waals surface area contributed by atoms with Gasteiger partial charge in [-0.1, -0.05) is 24.3 Å². The summed E-state index contributed by atoms with van der Waals surface area (Å²) in [6.45, 7) is 6.42. The van der Waals surface area contributed by atoms with Crippen molar-refractivity contribution in [1.29, 1.82) is 5.26 Å². The van der Waals surface area contributed by atoms with Gasteiger partial charge in [0, 0.05) is 26.1 Å². The zero-order valence-corrected chi connectivity index (χ0v) is 21.5. The molecule has 1 aromatic carbocycles. The highest BCUT2D eigenvalue weighted by atomic mass is 16.6. The molecule has 0 bridgehead atoms. The summed E-state index contributed by atoms with van der Waals surface area (Å²) in [5.74, 6) is 0.310. The number of nitrogens with zero attached hydrogens (tertiary/aromatic N) is 5. The standard InChI is InChI=1S/C27H32N6O4/c1-26(2,3)37-25(36)33-14-13-32(16-18(33)10-12-28)22-21-20(29-24(35)31-22)15-27(23(34)30-21)11-6-8-17-7-4-5-9-19(17)27/h4-5,7,9,18H,6,8,10-11,13-16H2,1-3H3,(H,30,34)(H,29,31,35). The van der Waals surface area contributed by atoms with Crippen LogP contribution in [0.1, 0.15) is 56.9 Å². The van der Waals surface area contributed by atoms with E-state index < -0.39 is 23.2 Å². The van der Waals surface area contributed by atoms with E-state index in [0.717, 1.165) is 18.4 Å². The third kappa shape index (κ3) is 4.54. The van der Waals surface area contributed by atoms with E-state index in [4.69, 9.17) is 4.74 Å². The smallest absolute Gasteiger partial charge is 0.410 e. The number of fused-ring (bicyclic) bond motifs is 3. The summed E-state index contributed by atoms with van der Waals surface area (Å²) >= 11 is 0. The number of hydrogen-bond acceptors (Lipinski definition) is 8. The molecule has 2 amide bonds. The van der Waals surface area contributed by atoms with Gasteiger partial charge < -0.3 is 25.0 Å². The molecule has 1 aromatic heterocycles. The molecule has 10 heteroatoms. The van der Waals surface area contributed by atoms with Crippen molar-refractivity contribution in [3.63, 3.8) is 0 Å². The first-order valence-corrected chi connectivity index (χ1v) is 12.7. The fourth-order valence-corrected chi connectivity index (χ4v) is 5.79. The lowest BCUT2D eigenvalue weighted by Gasteiger charge is -2.44. The number of carbonyl (C=O) groups excluding carboxylic acids is 2. The van der Waals surface area contributed by atoms with E-state index in [9.17, 15) is 20.0 Å². The summed E-state index contributed by atoms with van der Waals surface area (Å²) in [6, 6.07) is 9.40. The number of benzene rings is 1. The van der Waals surface area contributed by atoms with Gasteiger partial charge in [-0.2, -0.15) is 15.2 Å². The number of carbonyl (C=O) groups is 2. The van der Waals surface area contributed by atoms with E-state index in [1.165, 1.54) is 5.56 Å². The van der Waals surface area contributed by atoms with E-state index in [1.54, 1.807) is 25.7 Å². The lowest BCUT2D eigenvalue weighted by molar-refractivity contribution is -0.122. The summed E-state index contributed by atoms with van der Waals surface area (Å²) in [6.07, 6.45) is 2.54. The van der Waals surface area contributed by atoms with Crippen LogP contribution in [0, 0.1) is 11.3 Å². The van der Waals surface area contributed by atoms with E-state index in [-0.39, 0.29) is 18.3 Å². The molecule has 37 heavy (non-hydrogen) atoms. The van der Waals surface area contributed by atoms with E-state index in [2.05, 4.69) is 27.4 Å². The van der Waals surface area contributed by atoms with Gasteiger partial charge in [-0.15, -0.1) is 0 Å². The minimum absolute atomic E-state index is 0.0938. The van der Waals surface area contributed by atoms with Crippen molar-refractivity contribution < 1.29 is 19.4 Å². The van der Waals surface area contributed by atoms with Gasteiger partial charge in [-0.3, -0.25) is 4.79 Å². The topological polar surface area (TPSA) is 132 Å². The Morgan fingerprint density at radius 2 is 2.08 bits per heavy atom. The Hall–Kier alpha value is -3.87. The molecule has 194 valence electrons. The summed E-state index contributed by atoms with van der Waals surface area (Å²) in [7, 11) is 0. The van der Waals surface area contributed by atoms with Gasteiger partial charge in [0.15, 0.2) is 5.82 Å². The van der Waals surface area contributed by atoms with Crippen LogP contribution in [0.4, 0.5) is 16.3 Å². The number of aryl methyl sites for hydroxylation is 1. The third-order valence-corrected chi connectivity index (χ3v) is 7.42. The van der Waals surface area contributed by atoms with Crippen molar-refractivity contribution in [3.8, 4) is 12.1 Å². The highest BCUT2D eigenvalue weighted by molar-refractivity contribution is 6.04. The first-order chi connectivity index (χ1) is 17.6. The molecule has 2 aromatic rings. The number of ether oxygens (including phenoxy) is 1. The first-order valence-electron chi connectivity index (χ1n) is 12.7. The summed E-state index contributed by atoms with van der Waals surface area (Å²) < 4.78 is 5.55. The van der Waals surface area contributed by atoms with Crippen LogP contribution in [-0.4, -0.2) is 63.3 Å². The van der Waals surface area contributed by atoms with Crippen molar-refractivity contribution in [1.82, 2.24) is 14.9 Å². The third-order valence-electron chi connectivity index (χ3n) is 7.42. The average Bonchev–Trinajstić information content (AvgIpc) is 2.84. The van der Waals surface area contributed by atoms with Gasteiger partial charge in [0.25, 0.3) is 0 Å². The molecule has 2 atom stereocenters. The number of aromatic hydroxyl groups is 1. The quantitative estimate of drug-likeness (QED) is 0.637. The van der Waals surface area contributed by atoms with Crippen LogP contribution in [0.15, 0.2) is 24.3 Å². The number of anilines is 2. The van der Waals surface area contributed by atoms with Gasteiger partial charge in [0.1, 0.15) is 11.3 Å². The monoisotopic (exact) mass is 504 g/mol. The Kier molecular flexibility index (Phi) is 6.18. The Labute approximate surface area is 216 Å². The molecule has 3 aliphatic rings. The maximum atomic E-state index is 13.7. The molecule has 1 spiro atoms. The van der Waals surface area contributed by atoms with Crippen LogP contribution in [0.2, 0.25) is 0 Å². The van der Waals surface area contributed by atoms with E-state index >= 15 is 0 Å². The van der Waals surface area contributed by atoms with Crippen molar-refractivity contribution in [2.75, 3.05) is 29.9 Å². The molecule has 0 radical (unpaired) electrons. The molecule has 0 saturated carbocycles. The molecule has 2 N–H and O–H groups in total. The molecule has 2 aliphatic heterocycles. The average molecular weight is 505 g/mol. The lowest BCUT2D eigenvalue weighted by atomic mass is 9.65. The maximum absolute atomic E-state index is 13.7. The summed E-state index contributed by atoms with van der Waals surface area (Å²) in [4.78, 5) is 38.6. The van der Waals surface area contributed by atoms with Crippen LogP contribution in [0.25, 0.3) is 0 Å². The Morgan fingerprint density at radius 1 is 1.30 bits per heavy atom. The highest BCUT2D eigenvalue weighted by Crippen LogP contribution is 2.46. The second-order valence-corrected chi connectivity index (χ2v) is 11.0. The number of amides is 2. The number of nitriles is 1. The van der Waals surface area contributed by atoms with Crippen molar-refractivity contribution in [2.24, 2.45) is 0 Å². The van der Waals surface area contributed by atoms with Crippen LogP contribution in [0.5, 0.6) is 6.01 Å². The molecule has 1 fully saturated rings. The normalized spacial score (nSPS) is 23.1. The van der Waals surface area contributed by atoms with Crippen LogP contribution < -0.4 is 10.2 Å². The largest absolute Gasteiger partial charge is 0.479 e. The number of nitrogens with one attached hydrogen (secondary N) is 1. The number of piperazine rings is 1. The van der Waals surface area contributed by atoms with E-state index in [0.29, 0.717) is 49.7 Å². The van der Waals surface area contributed by atoms with Gasteiger partial charge in [0.05, 0.1) is 29.6 Å². The molecule has 1 saturated heterocycles. The van der Waals surface area contributed by atoms with Crippen molar-refractivity contribution in [2.45, 2.75) is 69.9 Å². The van der Waals surface area contributed by atoms with Crippen LogP contribution >= 0.6 is 0 Å². The molecule has 2 unspecified atom stereocenters. The zero-order valence-electron chi connectivity index (χ0n) is 21.5. The SMILES string of the molecule is CC(C)(C)OC(=O)N1CCN(c2nc(O)nc3c2NC(=O)C2(CCCc4ccccc42)C3)CC1CC#N. The Balaban J connectivity index is 1.46. The number of rotatable bonds is 2. The minimum Gasteiger partial charge on any atom is -0.479 e. The Morgan fingerprint density at radius 3 is 2.84 bits per heavy atom. The lowest BCUT2D eigenvalue weighted by Crippen LogP contribution is -2.56. The zero-order chi connectivity index (χ0) is 26.4. The van der Waals surface area contributed by atoms with E-state index in [1.807, 2.05) is 23.1 Å². The van der Waals surface area contributed by atoms with Gasteiger partial charge in [0.2, 0.25) is 5.91 Å². The molecular formula is C27H32N6O4. The van der Waals surface area contributed by atoms with Crippen molar-refractivity contribution >= 4 is 23.5 Å². The van der Waals surface area contributed by atoms with Crippen molar-refractivity contribution in [3.05, 3.63) is 41.1 Å². The minimum atomic E-state index is -0.737. The molecule has 10 nitrogen and oxygen atoms in total. The predicted molar refractivity (Wildman–Crippen MR) is 136 cm³/mol. The predicted octanol–water partition coefficient (Wildman–Crippen LogP) is 3.29. The van der Waals surface area contributed by atoms with Gasteiger partial charge in [-0.25, -0.2) is 4.79 Å². The maximum Gasteiger partial charge on any atom is 0.410 e. The highest BCUT2D eigenvalue weighted by Gasteiger charge is 2.48. The fourth-order valence-electron chi connectivity index (χ4n) is 5.79. The molecule has 3 heterocycles. The van der Waals surface area contributed by atoms with Gasteiger partial charge >= 0.3 is 12.1 Å². The molecule has 5 rings (SSSR count). The first kappa shape index (κ1) is 24.8. The summed E-state index contributed by atoms with van der Waals surface area (Å²) in [5.41, 5.74) is 1.87. The fraction of sp³-hybridized carbons (Fsp3) is 0.519. The molecular weight excluding hydrogens is 472 g/mol. The van der Waals surface area contributed by atoms with Crippen LogP contribution in [-0.2, 0) is 27.8 Å². The summed E-state index contributed by atoms with van der Waals surface area (Å²) in [5, 5.41) is 23.0. The Bertz CT molecular complexity index is 1280. The van der Waals surface area contributed by atoms with Crippen LogP contribution in [0.3, 0.4) is 0 Å². The number of hydrogen-bond donors (Lipinski definition) is 2. The second kappa shape index (κ2) is 9.21. The molecule has 1 aliphatic carbocycles.